The summed E-state index contributed by atoms with van der Waals surface area (Å²) in [7, 11) is 0. The van der Waals surface area contributed by atoms with E-state index in [1.807, 2.05) is 72.8 Å². The average molecular weight is 325 g/mol. The Kier molecular flexibility index (Phi) is 6.33. The minimum absolute atomic E-state index is 0. The van der Waals surface area contributed by atoms with E-state index >= 15 is 0 Å². The predicted octanol–water partition coefficient (Wildman–Crippen LogP) is 4.64. The van der Waals surface area contributed by atoms with Crippen LogP contribution in [0.15, 0.2) is 90.3 Å². The topological polar surface area (TPSA) is 34.5 Å². The molecule has 0 N–H and O–H groups in total. The number of rotatable bonds is 5. The molecular formula is C19H17ClN2O. The van der Waals surface area contributed by atoms with Gasteiger partial charge < -0.3 is 4.84 Å². The Morgan fingerprint density at radius 3 is 1.83 bits per heavy atom. The minimum Gasteiger partial charge on any atom is -0.383 e. The summed E-state index contributed by atoms with van der Waals surface area (Å²) in [5, 5.41) is 4.14. The molecule has 0 aliphatic carbocycles. The molecule has 0 radical (unpaired) electrons. The van der Waals surface area contributed by atoms with E-state index in [-0.39, 0.29) is 18.5 Å². The molecule has 0 atom stereocenters. The molecule has 1 heterocycles. The van der Waals surface area contributed by atoms with Gasteiger partial charge in [-0.25, -0.2) is 0 Å². The molecule has 0 spiro atoms. The Bertz CT molecular complexity index is 679. The molecule has 0 unspecified atom stereocenters. The van der Waals surface area contributed by atoms with E-state index in [4.69, 9.17) is 4.84 Å². The fourth-order valence-corrected chi connectivity index (χ4v) is 2.17. The predicted molar refractivity (Wildman–Crippen MR) is 94.9 cm³/mol. The van der Waals surface area contributed by atoms with Gasteiger partial charge in [-0.05, 0) is 28.8 Å². The summed E-state index contributed by atoms with van der Waals surface area (Å²) < 4.78 is 0. The molecular weight excluding hydrogens is 308 g/mol. The quantitative estimate of drug-likeness (QED) is 0.506. The third-order valence-corrected chi connectivity index (χ3v) is 3.28. The summed E-state index contributed by atoms with van der Waals surface area (Å²) in [6.07, 6.45) is 4.93. The average Bonchev–Trinajstić information content (AvgIpc) is 2.61. The van der Waals surface area contributed by atoms with Gasteiger partial charge in [-0.3, -0.25) is 4.98 Å². The maximum atomic E-state index is 5.77. The van der Waals surface area contributed by atoms with Crippen LogP contribution in [0.25, 0.3) is 0 Å². The number of hydrogen-bond donors (Lipinski definition) is 0. The Labute approximate surface area is 142 Å². The van der Waals surface area contributed by atoms with E-state index in [1.165, 1.54) is 0 Å². The SMILES string of the molecule is C(=N\OC(c1ccccc1)c1ccccc1)/c1ccncc1.Cl. The van der Waals surface area contributed by atoms with Gasteiger partial charge in [0.15, 0.2) is 6.10 Å². The third-order valence-electron chi connectivity index (χ3n) is 3.28. The molecule has 0 aliphatic heterocycles. The first-order valence-corrected chi connectivity index (χ1v) is 7.12. The molecule has 116 valence electrons. The van der Waals surface area contributed by atoms with Gasteiger partial charge in [-0.1, -0.05) is 65.8 Å². The van der Waals surface area contributed by atoms with Crippen LogP contribution in [0.5, 0.6) is 0 Å². The second-order valence-corrected chi connectivity index (χ2v) is 4.82. The van der Waals surface area contributed by atoms with Crippen molar-refractivity contribution in [3.8, 4) is 0 Å². The molecule has 1 aromatic heterocycles. The summed E-state index contributed by atoms with van der Waals surface area (Å²) >= 11 is 0. The number of aromatic nitrogens is 1. The lowest BCUT2D eigenvalue weighted by atomic mass is 10.0. The normalized spacial score (nSPS) is 10.5. The molecule has 0 bridgehead atoms. The Hall–Kier alpha value is -2.65. The lowest BCUT2D eigenvalue weighted by molar-refractivity contribution is 0.0888. The highest BCUT2D eigenvalue weighted by atomic mass is 35.5. The van der Waals surface area contributed by atoms with Gasteiger partial charge in [-0.15, -0.1) is 12.4 Å². The van der Waals surface area contributed by atoms with Crippen LogP contribution in [-0.2, 0) is 4.84 Å². The standard InChI is InChI=1S/C19H16N2O.ClH/c1-3-7-17(8-4-1)19(18-9-5-2-6-10-18)22-21-15-16-11-13-20-14-12-16;/h1-15,19H;1H/b21-15+;. The van der Waals surface area contributed by atoms with Crippen LogP contribution < -0.4 is 0 Å². The molecule has 3 nitrogen and oxygen atoms in total. The molecule has 23 heavy (non-hydrogen) atoms. The fourth-order valence-electron chi connectivity index (χ4n) is 2.17. The lowest BCUT2D eigenvalue weighted by Crippen LogP contribution is -2.03. The van der Waals surface area contributed by atoms with Crippen LogP contribution in [0.1, 0.15) is 22.8 Å². The zero-order valence-electron chi connectivity index (χ0n) is 12.4. The Balaban J connectivity index is 0.00000192. The van der Waals surface area contributed by atoms with E-state index < -0.39 is 0 Å². The third kappa shape index (κ3) is 4.66. The summed E-state index contributed by atoms with van der Waals surface area (Å²) in [6.45, 7) is 0. The smallest absolute Gasteiger partial charge is 0.177 e. The maximum absolute atomic E-state index is 5.77. The van der Waals surface area contributed by atoms with Gasteiger partial charge in [0.2, 0.25) is 0 Å². The van der Waals surface area contributed by atoms with Crippen LogP contribution in [-0.4, -0.2) is 11.2 Å². The number of hydrogen-bond acceptors (Lipinski definition) is 3. The molecule has 0 fully saturated rings. The zero-order valence-corrected chi connectivity index (χ0v) is 13.3. The molecule has 0 amide bonds. The van der Waals surface area contributed by atoms with Crippen molar-refractivity contribution < 1.29 is 4.84 Å². The van der Waals surface area contributed by atoms with Crippen molar-refractivity contribution in [1.29, 1.82) is 0 Å². The molecule has 0 aliphatic rings. The van der Waals surface area contributed by atoms with E-state index in [0.717, 1.165) is 16.7 Å². The van der Waals surface area contributed by atoms with E-state index in [9.17, 15) is 0 Å². The lowest BCUT2D eigenvalue weighted by Gasteiger charge is -2.15. The summed E-state index contributed by atoms with van der Waals surface area (Å²) in [4.78, 5) is 9.75. The molecule has 3 rings (SSSR count). The van der Waals surface area contributed by atoms with Crippen molar-refractivity contribution in [3.05, 3.63) is 102 Å². The van der Waals surface area contributed by atoms with Crippen molar-refractivity contribution in [3.63, 3.8) is 0 Å². The highest BCUT2D eigenvalue weighted by molar-refractivity contribution is 5.85. The van der Waals surface area contributed by atoms with Gasteiger partial charge in [0, 0.05) is 12.4 Å². The van der Waals surface area contributed by atoms with Crippen LogP contribution in [0.4, 0.5) is 0 Å². The first kappa shape index (κ1) is 16.7. The number of halogens is 1. The summed E-state index contributed by atoms with van der Waals surface area (Å²) in [5.74, 6) is 0. The van der Waals surface area contributed by atoms with Crippen LogP contribution in [0, 0.1) is 0 Å². The van der Waals surface area contributed by atoms with Crippen molar-refractivity contribution in [1.82, 2.24) is 4.98 Å². The van der Waals surface area contributed by atoms with Gasteiger partial charge in [0.1, 0.15) is 0 Å². The highest BCUT2D eigenvalue weighted by Crippen LogP contribution is 2.25. The maximum Gasteiger partial charge on any atom is 0.177 e. The van der Waals surface area contributed by atoms with Gasteiger partial charge >= 0.3 is 0 Å². The Morgan fingerprint density at radius 1 is 0.783 bits per heavy atom. The molecule has 0 saturated heterocycles. The van der Waals surface area contributed by atoms with Gasteiger partial charge in [0.25, 0.3) is 0 Å². The molecule has 3 aromatic rings. The van der Waals surface area contributed by atoms with Crippen molar-refractivity contribution in [2.75, 3.05) is 0 Å². The minimum atomic E-state index is -0.222. The van der Waals surface area contributed by atoms with Crippen molar-refractivity contribution in [2.24, 2.45) is 5.16 Å². The molecule has 4 heteroatoms. The molecule has 0 saturated carbocycles. The van der Waals surface area contributed by atoms with Gasteiger partial charge in [0.05, 0.1) is 6.21 Å². The number of nitrogens with zero attached hydrogens (tertiary/aromatic N) is 2. The van der Waals surface area contributed by atoms with Gasteiger partial charge in [-0.2, -0.15) is 0 Å². The first-order chi connectivity index (χ1) is 10.9. The van der Waals surface area contributed by atoms with Crippen molar-refractivity contribution >= 4 is 18.6 Å². The van der Waals surface area contributed by atoms with E-state index in [1.54, 1.807) is 18.6 Å². The second-order valence-electron chi connectivity index (χ2n) is 4.82. The summed E-state index contributed by atoms with van der Waals surface area (Å²) in [6, 6.07) is 23.9. The van der Waals surface area contributed by atoms with E-state index in [2.05, 4.69) is 10.1 Å². The first-order valence-electron chi connectivity index (χ1n) is 7.12. The monoisotopic (exact) mass is 324 g/mol. The summed E-state index contributed by atoms with van der Waals surface area (Å²) in [5.41, 5.74) is 3.09. The number of pyridine rings is 1. The Morgan fingerprint density at radius 2 is 1.30 bits per heavy atom. The number of benzene rings is 2. The number of oxime groups is 1. The van der Waals surface area contributed by atoms with Crippen LogP contribution in [0.2, 0.25) is 0 Å². The van der Waals surface area contributed by atoms with Crippen LogP contribution in [0.3, 0.4) is 0 Å². The van der Waals surface area contributed by atoms with E-state index in [0.29, 0.717) is 0 Å². The second kappa shape index (κ2) is 8.71. The molecule has 2 aromatic carbocycles. The zero-order chi connectivity index (χ0) is 15.0. The van der Waals surface area contributed by atoms with Crippen molar-refractivity contribution in [2.45, 2.75) is 6.10 Å². The highest BCUT2D eigenvalue weighted by Gasteiger charge is 2.14. The largest absolute Gasteiger partial charge is 0.383 e. The fraction of sp³-hybridized carbons (Fsp3) is 0.0526. The van der Waals surface area contributed by atoms with Crippen LogP contribution >= 0.6 is 12.4 Å².